The number of hydrogen-bond donors (Lipinski definition) is 1. The molecule has 1 amide bonds. The van der Waals surface area contributed by atoms with Crippen LogP contribution in [0.25, 0.3) is 0 Å². The molecule has 1 aliphatic heterocycles. The van der Waals surface area contributed by atoms with Gasteiger partial charge in [0.2, 0.25) is 0 Å². The summed E-state index contributed by atoms with van der Waals surface area (Å²) < 4.78 is 0. The Morgan fingerprint density at radius 1 is 1.16 bits per heavy atom. The molecule has 2 rings (SSSR count). The zero-order chi connectivity index (χ0) is 14.0. The van der Waals surface area contributed by atoms with Crippen molar-refractivity contribution in [3.8, 4) is 0 Å². The molecule has 102 valence electrons. The number of Topliss-reactive ketones (excluding diaryl/α,β-unsaturated/α-hetero) is 1. The minimum atomic E-state index is -0.401. The first-order valence-electron chi connectivity index (χ1n) is 6.75. The molecule has 1 aromatic rings. The summed E-state index contributed by atoms with van der Waals surface area (Å²) in [5, 5.41) is 3.26. The summed E-state index contributed by atoms with van der Waals surface area (Å²) >= 11 is 0. The van der Waals surface area contributed by atoms with Crippen LogP contribution in [0.15, 0.2) is 12.1 Å². The van der Waals surface area contributed by atoms with Crippen molar-refractivity contribution >= 4 is 17.4 Å². The Morgan fingerprint density at radius 2 is 1.89 bits per heavy atom. The van der Waals surface area contributed by atoms with E-state index in [4.69, 9.17) is 0 Å². The van der Waals surface area contributed by atoms with E-state index in [0.29, 0.717) is 18.7 Å². The number of hydrogen-bond acceptors (Lipinski definition) is 3. The highest BCUT2D eigenvalue weighted by Gasteiger charge is 2.36. The van der Waals surface area contributed by atoms with Crippen LogP contribution in [0.5, 0.6) is 0 Å². The molecule has 1 heterocycles. The third-order valence-corrected chi connectivity index (χ3v) is 3.59. The first-order valence-corrected chi connectivity index (χ1v) is 6.75. The maximum atomic E-state index is 12.0. The molecule has 1 aromatic carbocycles. The predicted octanol–water partition coefficient (Wildman–Crippen LogP) is 1.83. The number of benzene rings is 1. The molecule has 4 heteroatoms. The Labute approximate surface area is 113 Å². The Kier molecular flexibility index (Phi) is 4.00. The van der Waals surface area contributed by atoms with E-state index in [1.807, 2.05) is 19.9 Å². The number of aryl methyl sites for hydroxylation is 1. The number of rotatable bonds is 5. The van der Waals surface area contributed by atoms with Crippen LogP contribution in [-0.2, 0) is 4.79 Å². The predicted molar refractivity (Wildman–Crippen MR) is 75.8 cm³/mol. The molecule has 0 bridgehead atoms. The van der Waals surface area contributed by atoms with Crippen LogP contribution in [0.1, 0.15) is 34.8 Å². The highest BCUT2D eigenvalue weighted by molar-refractivity contribution is 6.52. The van der Waals surface area contributed by atoms with Crippen LogP contribution >= 0.6 is 0 Å². The van der Waals surface area contributed by atoms with Crippen molar-refractivity contribution in [1.29, 1.82) is 0 Å². The molecule has 19 heavy (non-hydrogen) atoms. The lowest BCUT2D eigenvalue weighted by atomic mass is 10.0. The molecule has 0 fully saturated rings. The number of amides is 1. The van der Waals surface area contributed by atoms with Crippen molar-refractivity contribution in [1.82, 2.24) is 5.32 Å². The number of ketones is 1. The molecule has 0 saturated carbocycles. The Bertz CT molecular complexity index is 523. The van der Waals surface area contributed by atoms with Crippen LogP contribution in [0.2, 0.25) is 0 Å². The molecule has 0 aromatic heterocycles. The van der Waals surface area contributed by atoms with Crippen LogP contribution in [0.3, 0.4) is 0 Å². The van der Waals surface area contributed by atoms with E-state index in [9.17, 15) is 9.59 Å². The van der Waals surface area contributed by atoms with Crippen LogP contribution in [0, 0.1) is 13.8 Å². The van der Waals surface area contributed by atoms with Crippen LogP contribution < -0.4 is 10.2 Å². The van der Waals surface area contributed by atoms with E-state index in [1.54, 1.807) is 11.0 Å². The maximum absolute atomic E-state index is 12.0. The van der Waals surface area contributed by atoms with Crippen molar-refractivity contribution in [3.05, 3.63) is 28.8 Å². The minimum Gasteiger partial charge on any atom is -0.315 e. The van der Waals surface area contributed by atoms with Gasteiger partial charge in [-0.25, -0.2) is 0 Å². The average Bonchev–Trinajstić information content (AvgIpc) is 2.64. The lowest BCUT2D eigenvalue weighted by molar-refractivity contribution is -0.114. The standard InChI is InChI=1S/C15H20N2O2/c1-4-7-16-8-9-17-13-11(3)10(2)5-6-12(13)14(18)15(17)19/h5-6,16H,4,7-9H2,1-3H3. The minimum absolute atomic E-state index is 0.381. The number of carbonyl (C=O) groups excluding carboxylic acids is 2. The lowest BCUT2D eigenvalue weighted by Gasteiger charge is -2.19. The molecular weight excluding hydrogens is 240 g/mol. The number of fused-ring (bicyclic) bond motifs is 1. The second-order valence-electron chi connectivity index (χ2n) is 4.94. The quantitative estimate of drug-likeness (QED) is 0.649. The van der Waals surface area contributed by atoms with Gasteiger partial charge < -0.3 is 10.2 Å². The maximum Gasteiger partial charge on any atom is 0.299 e. The van der Waals surface area contributed by atoms with Crippen molar-refractivity contribution in [3.63, 3.8) is 0 Å². The lowest BCUT2D eigenvalue weighted by Crippen LogP contribution is -2.36. The zero-order valence-corrected chi connectivity index (χ0v) is 11.7. The van der Waals surface area contributed by atoms with E-state index >= 15 is 0 Å². The fourth-order valence-electron chi connectivity index (χ4n) is 2.38. The summed E-state index contributed by atoms with van der Waals surface area (Å²) in [6.07, 6.45) is 1.06. The van der Waals surface area contributed by atoms with Crippen molar-refractivity contribution in [2.24, 2.45) is 0 Å². The molecule has 0 radical (unpaired) electrons. The SMILES string of the molecule is CCCNCCN1C(=O)C(=O)c2ccc(C)c(C)c21. The molecule has 0 atom stereocenters. The highest BCUT2D eigenvalue weighted by Crippen LogP contribution is 2.33. The third kappa shape index (κ3) is 2.40. The molecule has 0 spiro atoms. The molecule has 0 unspecified atom stereocenters. The molecule has 1 aliphatic rings. The van der Waals surface area contributed by atoms with E-state index in [2.05, 4.69) is 12.2 Å². The Hall–Kier alpha value is -1.68. The van der Waals surface area contributed by atoms with E-state index in [0.717, 1.165) is 29.8 Å². The highest BCUT2D eigenvalue weighted by atomic mass is 16.2. The molecule has 0 aliphatic carbocycles. The van der Waals surface area contributed by atoms with Gasteiger partial charge >= 0.3 is 0 Å². The van der Waals surface area contributed by atoms with Gasteiger partial charge in [0.05, 0.1) is 11.3 Å². The summed E-state index contributed by atoms with van der Waals surface area (Å²) in [4.78, 5) is 25.6. The second-order valence-corrected chi connectivity index (χ2v) is 4.94. The summed E-state index contributed by atoms with van der Waals surface area (Å²) in [5.41, 5.74) is 3.47. The largest absolute Gasteiger partial charge is 0.315 e. The number of nitrogens with zero attached hydrogens (tertiary/aromatic N) is 1. The van der Waals surface area contributed by atoms with Crippen LogP contribution in [0.4, 0.5) is 5.69 Å². The molecule has 1 N–H and O–H groups in total. The summed E-state index contributed by atoms with van der Waals surface area (Å²) in [5.74, 6) is -0.782. The van der Waals surface area contributed by atoms with Gasteiger partial charge in [-0.2, -0.15) is 0 Å². The van der Waals surface area contributed by atoms with E-state index < -0.39 is 5.91 Å². The Balaban J connectivity index is 2.25. The fourth-order valence-corrected chi connectivity index (χ4v) is 2.38. The van der Waals surface area contributed by atoms with Crippen LogP contribution in [-0.4, -0.2) is 31.3 Å². The molecule has 4 nitrogen and oxygen atoms in total. The number of nitrogens with one attached hydrogen (secondary N) is 1. The van der Waals surface area contributed by atoms with Gasteiger partial charge in [0.15, 0.2) is 0 Å². The van der Waals surface area contributed by atoms with Crippen molar-refractivity contribution in [2.45, 2.75) is 27.2 Å². The topological polar surface area (TPSA) is 49.4 Å². The first kappa shape index (κ1) is 13.7. The number of carbonyl (C=O) groups is 2. The van der Waals surface area contributed by atoms with Gasteiger partial charge in [0.1, 0.15) is 0 Å². The second kappa shape index (κ2) is 5.53. The average molecular weight is 260 g/mol. The van der Waals surface area contributed by atoms with Gasteiger partial charge in [-0.1, -0.05) is 13.0 Å². The van der Waals surface area contributed by atoms with Gasteiger partial charge in [-0.3, -0.25) is 9.59 Å². The van der Waals surface area contributed by atoms with Crippen molar-refractivity contribution < 1.29 is 9.59 Å². The van der Waals surface area contributed by atoms with Gasteiger partial charge in [0.25, 0.3) is 11.7 Å². The van der Waals surface area contributed by atoms with Gasteiger partial charge in [0, 0.05) is 13.1 Å². The smallest absolute Gasteiger partial charge is 0.299 e. The third-order valence-electron chi connectivity index (χ3n) is 3.59. The summed E-state index contributed by atoms with van der Waals surface area (Å²) in [6.45, 7) is 8.24. The molecular formula is C15H20N2O2. The van der Waals surface area contributed by atoms with Crippen molar-refractivity contribution in [2.75, 3.05) is 24.5 Å². The fraction of sp³-hybridized carbons (Fsp3) is 0.467. The van der Waals surface area contributed by atoms with Gasteiger partial charge in [-0.15, -0.1) is 0 Å². The normalized spacial score (nSPS) is 14.2. The monoisotopic (exact) mass is 260 g/mol. The summed E-state index contributed by atoms with van der Waals surface area (Å²) in [6, 6.07) is 3.66. The van der Waals surface area contributed by atoms with Gasteiger partial charge in [-0.05, 0) is 44.0 Å². The molecule has 0 saturated heterocycles. The van der Waals surface area contributed by atoms with E-state index in [1.165, 1.54) is 0 Å². The summed E-state index contributed by atoms with van der Waals surface area (Å²) in [7, 11) is 0. The van der Waals surface area contributed by atoms with E-state index in [-0.39, 0.29) is 5.78 Å². The Morgan fingerprint density at radius 3 is 2.58 bits per heavy atom. The number of anilines is 1. The first-order chi connectivity index (χ1) is 9.07. The zero-order valence-electron chi connectivity index (χ0n) is 11.7.